The van der Waals surface area contributed by atoms with E-state index in [0.29, 0.717) is 0 Å². The van der Waals surface area contributed by atoms with Gasteiger partial charge in [-0.1, -0.05) is 33.6 Å². The van der Waals surface area contributed by atoms with Crippen molar-refractivity contribution in [2.75, 3.05) is 6.54 Å². The third-order valence-corrected chi connectivity index (χ3v) is 3.89. The molecular weight excluding hydrogens is 234 g/mol. The lowest BCUT2D eigenvalue weighted by atomic mass is 10.0. The molecule has 19 heavy (non-hydrogen) atoms. The standard InChI is InChI=1S/C16H25N3/c1-4-13(5-2)11-19-12-14(10-17-6-3)15-8-7-9-18-16(15)19/h7-9,12-13,17H,4-6,10-11H2,1-3H3. The average molecular weight is 259 g/mol. The Morgan fingerprint density at radius 1 is 1.26 bits per heavy atom. The van der Waals surface area contributed by atoms with Gasteiger partial charge in [0.25, 0.3) is 0 Å². The van der Waals surface area contributed by atoms with Crippen molar-refractivity contribution in [1.82, 2.24) is 14.9 Å². The predicted octanol–water partition coefficient (Wildman–Crippen LogP) is 3.58. The van der Waals surface area contributed by atoms with Crippen molar-refractivity contribution in [2.24, 2.45) is 5.92 Å². The van der Waals surface area contributed by atoms with Crippen molar-refractivity contribution < 1.29 is 0 Å². The van der Waals surface area contributed by atoms with Gasteiger partial charge in [-0.05, 0) is 30.2 Å². The fraction of sp³-hybridized carbons (Fsp3) is 0.562. The van der Waals surface area contributed by atoms with Crippen LogP contribution in [0.2, 0.25) is 0 Å². The Balaban J connectivity index is 2.32. The molecule has 0 radical (unpaired) electrons. The summed E-state index contributed by atoms with van der Waals surface area (Å²) < 4.78 is 2.33. The van der Waals surface area contributed by atoms with Crippen LogP contribution in [0.25, 0.3) is 11.0 Å². The number of hydrogen-bond acceptors (Lipinski definition) is 2. The van der Waals surface area contributed by atoms with Crippen LogP contribution in [0.1, 0.15) is 39.2 Å². The third-order valence-electron chi connectivity index (χ3n) is 3.89. The minimum atomic E-state index is 0.740. The van der Waals surface area contributed by atoms with Gasteiger partial charge in [-0.3, -0.25) is 0 Å². The summed E-state index contributed by atoms with van der Waals surface area (Å²) in [6.45, 7) is 9.68. The van der Waals surface area contributed by atoms with Crippen LogP contribution in [0.3, 0.4) is 0 Å². The van der Waals surface area contributed by atoms with Gasteiger partial charge in [-0.15, -0.1) is 0 Å². The van der Waals surface area contributed by atoms with Crippen LogP contribution in [0.15, 0.2) is 24.5 Å². The summed E-state index contributed by atoms with van der Waals surface area (Å²) in [5.41, 5.74) is 2.48. The van der Waals surface area contributed by atoms with E-state index in [2.05, 4.69) is 47.9 Å². The fourth-order valence-corrected chi connectivity index (χ4v) is 2.56. The second kappa shape index (κ2) is 6.71. The van der Waals surface area contributed by atoms with Crippen LogP contribution >= 0.6 is 0 Å². The van der Waals surface area contributed by atoms with E-state index in [-0.39, 0.29) is 0 Å². The Morgan fingerprint density at radius 3 is 2.74 bits per heavy atom. The first kappa shape index (κ1) is 14.1. The van der Waals surface area contributed by atoms with E-state index in [0.717, 1.165) is 31.2 Å². The molecule has 0 unspecified atom stereocenters. The second-order valence-electron chi connectivity index (χ2n) is 5.14. The maximum atomic E-state index is 4.57. The first-order chi connectivity index (χ1) is 9.30. The van der Waals surface area contributed by atoms with Gasteiger partial charge in [0, 0.05) is 30.9 Å². The molecule has 0 aliphatic carbocycles. The van der Waals surface area contributed by atoms with Gasteiger partial charge in [0.15, 0.2) is 0 Å². The molecule has 0 aliphatic rings. The fourth-order valence-electron chi connectivity index (χ4n) is 2.56. The topological polar surface area (TPSA) is 29.9 Å². The lowest BCUT2D eigenvalue weighted by Gasteiger charge is -2.13. The minimum Gasteiger partial charge on any atom is -0.332 e. The number of aromatic nitrogens is 2. The molecular formula is C16H25N3. The van der Waals surface area contributed by atoms with Gasteiger partial charge in [0.1, 0.15) is 5.65 Å². The number of rotatable bonds is 7. The van der Waals surface area contributed by atoms with Crippen LogP contribution in [-0.2, 0) is 13.1 Å². The number of nitrogens with one attached hydrogen (secondary N) is 1. The zero-order chi connectivity index (χ0) is 13.7. The molecule has 0 aliphatic heterocycles. The molecule has 2 heterocycles. The van der Waals surface area contributed by atoms with E-state index in [9.17, 15) is 0 Å². The molecule has 0 amide bonds. The molecule has 3 nitrogen and oxygen atoms in total. The van der Waals surface area contributed by atoms with Crippen LogP contribution in [0, 0.1) is 5.92 Å². The lowest BCUT2D eigenvalue weighted by molar-refractivity contribution is 0.423. The summed E-state index contributed by atoms with van der Waals surface area (Å²) in [4.78, 5) is 4.57. The molecule has 2 rings (SSSR count). The maximum absolute atomic E-state index is 4.57. The Morgan fingerprint density at radius 2 is 2.05 bits per heavy atom. The smallest absolute Gasteiger partial charge is 0.140 e. The van der Waals surface area contributed by atoms with E-state index in [1.54, 1.807) is 0 Å². The lowest BCUT2D eigenvalue weighted by Crippen LogP contribution is -2.11. The van der Waals surface area contributed by atoms with Crippen molar-refractivity contribution in [3.8, 4) is 0 Å². The molecule has 2 aromatic rings. The van der Waals surface area contributed by atoms with Crippen LogP contribution < -0.4 is 5.32 Å². The monoisotopic (exact) mass is 259 g/mol. The van der Waals surface area contributed by atoms with Crippen LogP contribution in [0.5, 0.6) is 0 Å². The molecule has 0 bridgehead atoms. The number of pyridine rings is 1. The molecule has 0 saturated carbocycles. The van der Waals surface area contributed by atoms with E-state index in [1.807, 2.05) is 12.3 Å². The molecule has 0 aromatic carbocycles. The van der Waals surface area contributed by atoms with E-state index < -0.39 is 0 Å². The normalized spacial score (nSPS) is 11.6. The molecule has 1 N–H and O–H groups in total. The Kier molecular flexibility index (Phi) is 4.97. The Bertz CT molecular complexity index is 512. The summed E-state index contributed by atoms with van der Waals surface area (Å²) in [6, 6.07) is 4.21. The van der Waals surface area contributed by atoms with E-state index >= 15 is 0 Å². The first-order valence-electron chi connectivity index (χ1n) is 7.43. The molecule has 3 heteroatoms. The number of hydrogen-bond donors (Lipinski definition) is 1. The highest BCUT2D eigenvalue weighted by Crippen LogP contribution is 2.22. The maximum Gasteiger partial charge on any atom is 0.140 e. The highest BCUT2D eigenvalue weighted by atomic mass is 15.0. The Labute approximate surface area is 116 Å². The Hall–Kier alpha value is -1.35. The van der Waals surface area contributed by atoms with E-state index in [4.69, 9.17) is 0 Å². The largest absolute Gasteiger partial charge is 0.332 e. The van der Waals surface area contributed by atoms with Crippen molar-refractivity contribution in [2.45, 2.75) is 46.7 Å². The summed E-state index contributed by atoms with van der Waals surface area (Å²) in [6.07, 6.45) is 6.62. The zero-order valence-electron chi connectivity index (χ0n) is 12.3. The SMILES string of the molecule is CCNCc1cn(CC(CC)CC)c2ncccc12. The summed E-state index contributed by atoms with van der Waals surface area (Å²) in [5.74, 6) is 0.740. The summed E-state index contributed by atoms with van der Waals surface area (Å²) >= 11 is 0. The van der Waals surface area contributed by atoms with Gasteiger partial charge in [0.05, 0.1) is 0 Å². The van der Waals surface area contributed by atoms with Crippen molar-refractivity contribution in [3.63, 3.8) is 0 Å². The quantitative estimate of drug-likeness (QED) is 0.823. The molecule has 2 aromatic heterocycles. The molecule has 0 atom stereocenters. The van der Waals surface area contributed by atoms with Gasteiger partial charge in [-0.25, -0.2) is 4.98 Å². The highest BCUT2D eigenvalue weighted by molar-refractivity contribution is 5.80. The van der Waals surface area contributed by atoms with E-state index in [1.165, 1.54) is 23.8 Å². The van der Waals surface area contributed by atoms with Crippen molar-refractivity contribution in [3.05, 3.63) is 30.1 Å². The first-order valence-corrected chi connectivity index (χ1v) is 7.43. The third kappa shape index (κ3) is 3.16. The number of nitrogens with zero attached hydrogens (tertiary/aromatic N) is 2. The van der Waals surface area contributed by atoms with Crippen molar-refractivity contribution in [1.29, 1.82) is 0 Å². The van der Waals surface area contributed by atoms with Gasteiger partial charge in [0.2, 0.25) is 0 Å². The summed E-state index contributed by atoms with van der Waals surface area (Å²) in [7, 11) is 0. The van der Waals surface area contributed by atoms with Crippen LogP contribution in [0.4, 0.5) is 0 Å². The predicted molar refractivity (Wildman–Crippen MR) is 81.2 cm³/mol. The molecule has 104 valence electrons. The molecule has 0 spiro atoms. The van der Waals surface area contributed by atoms with Gasteiger partial charge < -0.3 is 9.88 Å². The van der Waals surface area contributed by atoms with Gasteiger partial charge in [-0.2, -0.15) is 0 Å². The second-order valence-corrected chi connectivity index (χ2v) is 5.14. The summed E-state index contributed by atoms with van der Waals surface area (Å²) in [5, 5.41) is 4.70. The number of fused-ring (bicyclic) bond motifs is 1. The highest BCUT2D eigenvalue weighted by Gasteiger charge is 2.11. The van der Waals surface area contributed by atoms with Gasteiger partial charge >= 0.3 is 0 Å². The minimum absolute atomic E-state index is 0.740. The molecule has 0 fully saturated rings. The zero-order valence-corrected chi connectivity index (χ0v) is 12.3. The average Bonchev–Trinajstić information content (AvgIpc) is 2.81. The van der Waals surface area contributed by atoms with Crippen molar-refractivity contribution >= 4 is 11.0 Å². The molecule has 0 saturated heterocycles. The van der Waals surface area contributed by atoms with Crippen LogP contribution in [-0.4, -0.2) is 16.1 Å².